The Hall–Kier alpha value is -0.510. The summed E-state index contributed by atoms with van der Waals surface area (Å²) in [6.07, 6.45) is 2.38. The zero-order valence-electron chi connectivity index (χ0n) is 10.4. The third kappa shape index (κ3) is 4.02. The molecular weight excluding hydrogens is 230 g/mol. The highest BCUT2D eigenvalue weighted by atomic mass is 32.2. The summed E-state index contributed by atoms with van der Waals surface area (Å²) < 4.78 is 5.48. The van der Waals surface area contributed by atoms with Crippen molar-refractivity contribution in [2.24, 2.45) is 11.7 Å². The van der Waals surface area contributed by atoms with Gasteiger partial charge in [-0.25, -0.2) is 0 Å². The summed E-state index contributed by atoms with van der Waals surface area (Å²) in [5.74, 6) is 1.53. The topological polar surface area (TPSA) is 35.2 Å². The summed E-state index contributed by atoms with van der Waals surface area (Å²) >= 11 is 1.85. The molecule has 1 aromatic rings. The molecule has 0 bridgehead atoms. The molecule has 2 unspecified atom stereocenters. The highest BCUT2D eigenvalue weighted by molar-refractivity contribution is 7.99. The van der Waals surface area contributed by atoms with Crippen molar-refractivity contribution in [3.05, 3.63) is 29.8 Å². The molecule has 3 heteroatoms. The molecule has 1 fully saturated rings. The van der Waals surface area contributed by atoms with Gasteiger partial charge in [0.2, 0.25) is 0 Å². The molecule has 1 heterocycles. The second-order valence-corrected chi connectivity index (χ2v) is 5.86. The van der Waals surface area contributed by atoms with Gasteiger partial charge in [-0.1, -0.05) is 17.7 Å². The molecule has 1 aliphatic heterocycles. The lowest BCUT2D eigenvalue weighted by Crippen LogP contribution is -2.37. The minimum atomic E-state index is 0.251. The fourth-order valence-electron chi connectivity index (χ4n) is 2.07. The number of nitrogens with two attached hydrogens (primary N) is 1. The van der Waals surface area contributed by atoms with E-state index in [2.05, 4.69) is 31.2 Å². The van der Waals surface area contributed by atoms with Crippen LogP contribution in [0.1, 0.15) is 18.4 Å². The fourth-order valence-corrected chi connectivity index (χ4v) is 3.05. The number of ether oxygens (including phenoxy) is 1. The fraction of sp³-hybridized carbons (Fsp3) is 0.571. The van der Waals surface area contributed by atoms with Gasteiger partial charge in [-0.3, -0.25) is 0 Å². The molecular formula is C14H21NOS. The molecule has 0 aliphatic carbocycles. The van der Waals surface area contributed by atoms with Crippen molar-refractivity contribution in [3.63, 3.8) is 0 Å². The second kappa shape index (κ2) is 6.43. The van der Waals surface area contributed by atoms with Crippen LogP contribution in [0.15, 0.2) is 29.2 Å². The van der Waals surface area contributed by atoms with Crippen LogP contribution in [-0.2, 0) is 4.74 Å². The monoisotopic (exact) mass is 251 g/mol. The lowest BCUT2D eigenvalue weighted by Gasteiger charge is -2.27. The van der Waals surface area contributed by atoms with Gasteiger partial charge in [0.25, 0.3) is 0 Å². The van der Waals surface area contributed by atoms with Gasteiger partial charge in [0.15, 0.2) is 0 Å². The Morgan fingerprint density at radius 1 is 1.41 bits per heavy atom. The van der Waals surface area contributed by atoms with Crippen LogP contribution in [0.5, 0.6) is 0 Å². The number of benzene rings is 1. The number of thioether (sulfide) groups is 1. The van der Waals surface area contributed by atoms with Gasteiger partial charge < -0.3 is 10.5 Å². The van der Waals surface area contributed by atoms with E-state index < -0.39 is 0 Å². The van der Waals surface area contributed by atoms with E-state index in [9.17, 15) is 0 Å². The summed E-state index contributed by atoms with van der Waals surface area (Å²) in [5.41, 5.74) is 7.53. The van der Waals surface area contributed by atoms with Crippen LogP contribution in [0.4, 0.5) is 0 Å². The molecule has 0 amide bonds. The largest absolute Gasteiger partial charge is 0.381 e. The Kier molecular flexibility index (Phi) is 4.89. The first-order chi connectivity index (χ1) is 8.25. The Morgan fingerprint density at radius 2 is 2.18 bits per heavy atom. The van der Waals surface area contributed by atoms with Crippen molar-refractivity contribution in [1.29, 1.82) is 0 Å². The second-order valence-electron chi connectivity index (χ2n) is 4.77. The van der Waals surface area contributed by atoms with Crippen molar-refractivity contribution in [2.75, 3.05) is 19.0 Å². The van der Waals surface area contributed by atoms with Crippen molar-refractivity contribution in [3.8, 4) is 0 Å². The molecule has 2 N–H and O–H groups in total. The van der Waals surface area contributed by atoms with Crippen molar-refractivity contribution >= 4 is 11.8 Å². The van der Waals surface area contributed by atoms with Gasteiger partial charge in [-0.05, 0) is 37.8 Å². The maximum atomic E-state index is 6.23. The van der Waals surface area contributed by atoms with Crippen LogP contribution in [0, 0.1) is 12.8 Å². The predicted molar refractivity (Wildman–Crippen MR) is 73.4 cm³/mol. The molecule has 17 heavy (non-hydrogen) atoms. The molecule has 0 spiro atoms. The Bertz CT molecular complexity index is 333. The van der Waals surface area contributed by atoms with Gasteiger partial charge in [0.05, 0.1) is 6.61 Å². The minimum Gasteiger partial charge on any atom is -0.381 e. The van der Waals surface area contributed by atoms with Crippen LogP contribution in [-0.4, -0.2) is 25.0 Å². The maximum absolute atomic E-state index is 6.23. The molecule has 0 radical (unpaired) electrons. The molecule has 1 saturated heterocycles. The van der Waals surface area contributed by atoms with Crippen molar-refractivity contribution in [1.82, 2.24) is 0 Å². The van der Waals surface area contributed by atoms with Crippen LogP contribution in [0.2, 0.25) is 0 Å². The van der Waals surface area contributed by atoms with Gasteiger partial charge in [0, 0.05) is 23.3 Å². The molecule has 1 aliphatic rings. The Morgan fingerprint density at radius 3 is 2.82 bits per heavy atom. The lowest BCUT2D eigenvalue weighted by molar-refractivity contribution is 0.0478. The molecule has 1 aromatic carbocycles. The van der Waals surface area contributed by atoms with Gasteiger partial charge in [-0.2, -0.15) is 0 Å². The SMILES string of the molecule is Cc1ccc(SCC(N)C2CCCOC2)cc1. The molecule has 2 nitrogen and oxygen atoms in total. The summed E-state index contributed by atoms with van der Waals surface area (Å²) in [4.78, 5) is 1.31. The first-order valence-corrected chi connectivity index (χ1v) is 7.27. The summed E-state index contributed by atoms with van der Waals surface area (Å²) in [6.45, 7) is 3.86. The first-order valence-electron chi connectivity index (χ1n) is 6.28. The predicted octanol–water partition coefficient (Wildman–Crippen LogP) is 2.84. The number of hydrogen-bond donors (Lipinski definition) is 1. The van der Waals surface area contributed by atoms with E-state index in [1.165, 1.54) is 16.9 Å². The number of hydrogen-bond acceptors (Lipinski definition) is 3. The molecule has 2 atom stereocenters. The first kappa shape index (κ1) is 12.9. The van der Waals surface area contributed by atoms with Gasteiger partial charge in [-0.15, -0.1) is 11.8 Å². The molecule has 0 aromatic heterocycles. The Balaban J connectivity index is 1.78. The zero-order chi connectivity index (χ0) is 12.1. The minimum absolute atomic E-state index is 0.251. The number of rotatable bonds is 4. The lowest BCUT2D eigenvalue weighted by atomic mass is 9.96. The van der Waals surface area contributed by atoms with Crippen LogP contribution >= 0.6 is 11.8 Å². The van der Waals surface area contributed by atoms with Crippen molar-refractivity contribution < 1.29 is 4.74 Å². The van der Waals surface area contributed by atoms with E-state index in [4.69, 9.17) is 10.5 Å². The third-order valence-electron chi connectivity index (χ3n) is 3.26. The van der Waals surface area contributed by atoms with Gasteiger partial charge >= 0.3 is 0 Å². The smallest absolute Gasteiger partial charge is 0.0509 e. The average molecular weight is 251 g/mol. The van der Waals surface area contributed by atoms with E-state index in [-0.39, 0.29) is 6.04 Å². The summed E-state index contributed by atoms with van der Waals surface area (Å²) in [6, 6.07) is 8.89. The molecule has 2 rings (SSSR count). The summed E-state index contributed by atoms with van der Waals surface area (Å²) in [7, 11) is 0. The highest BCUT2D eigenvalue weighted by Crippen LogP contribution is 2.23. The highest BCUT2D eigenvalue weighted by Gasteiger charge is 2.20. The van der Waals surface area contributed by atoms with E-state index in [1.807, 2.05) is 11.8 Å². The van der Waals surface area contributed by atoms with Gasteiger partial charge in [0.1, 0.15) is 0 Å². The average Bonchev–Trinajstić information content (AvgIpc) is 2.39. The van der Waals surface area contributed by atoms with E-state index in [0.29, 0.717) is 5.92 Å². The van der Waals surface area contributed by atoms with Crippen molar-refractivity contribution in [2.45, 2.75) is 30.7 Å². The zero-order valence-corrected chi connectivity index (χ0v) is 11.2. The van der Waals surface area contributed by atoms with Crippen LogP contribution in [0.3, 0.4) is 0 Å². The normalized spacial score (nSPS) is 22.4. The molecule has 94 valence electrons. The standard InChI is InChI=1S/C14H21NOS/c1-11-4-6-13(7-5-11)17-10-14(15)12-3-2-8-16-9-12/h4-7,12,14H,2-3,8-10,15H2,1H3. The van der Waals surface area contributed by atoms with Crippen LogP contribution in [0.25, 0.3) is 0 Å². The third-order valence-corrected chi connectivity index (χ3v) is 4.42. The summed E-state index contributed by atoms with van der Waals surface area (Å²) in [5, 5.41) is 0. The number of aryl methyl sites for hydroxylation is 1. The van der Waals surface area contributed by atoms with E-state index >= 15 is 0 Å². The Labute approximate surface area is 108 Å². The van der Waals surface area contributed by atoms with E-state index in [1.54, 1.807) is 0 Å². The maximum Gasteiger partial charge on any atom is 0.0509 e. The van der Waals surface area contributed by atoms with E-state index in [0.717, 1.165) is 25.4 Å². The van der Waals surface area contributed by atoms with Crippen LogP contribution < -0.4 is 5.73 Å². The molecule has 0 saturated carbocycles. The quantitative estimate of drug-likeness (QED) is 0.836.